The molecule has 0 aromatic heterocycles. The zero-order chi connectivity index (χ0) is 16.8. The van der Waals surface area contributed by atoms with Gasteiger partial charge in [-0.25, -0.2) is 0 Å². The van der Waals surface area contributed by atoms with Gasteiger partial charge in [-0.2, -0.15) is 0 Å². The van der Waals surface area contributed by atoms with Crippen molar-refractivity contribution in [1.29, 1.82) is 0 Å². The van der Waals surface area contributed by atoms with Crippen LogP contribution in [0.5, 0.6) is 0 Å². The molecule has 6 nitrogen and oxygen atoms in total. The van der Waals surface area contributed by atoms with Crippen molar-refractivity contribution in [3.05, 3.63) is 0 Å². The smallest absolute Gasteiger partial charge is 0.236 e. The highest BCUT2D eigenvalue weighted by Gasteiger charge is 2.30. The van der Waals surface area contributed by atoms with E-state index in [0.29, 0.717) is 38.8 Å². The summed E-state index contributed by atoms with van der Waals surface area (Å²) in [5.41, 5.74) is 0. The van der Waals surface area contributed by atoms with Crippen molar-refractivity contribution >= 4 is 11.8 Å². The second-order valence-electron chi connectivity index (χ2n) is 7.28. The van der Waals surface area contributed by atoms with Crippen molar-refractivity contribution in [2.24, 2.45) is 5.92 Å². The monoisotopic (exact) mass is 337 g/mol. The summed E-state index contributed by atoms with van der Waals surface area (Å²) in [5, 5.41) is 0. The molecule has 24 heavy (non-hydrogen) atoms. The van der Waals surface area contributed by atoms with Crippen LogP contribution in [0.15, 0.2) is 0 Å². The topological polar surface area (TPSA) is 53.1 Å². The number of carbonyl (C=O) groups excluding carboxylic acids is 2. The van der Waals surface area contributed by atoms with Crippen molar-refractivity contribution in [3.63, 3.8) is 0 Å². The van der Waals surface area contributed by atoms with Gasteiger partial charge in [-0.1, -0.05) is 12.8 Å². The molecule has 0 atom stereocenters. The number of morpholine rings is 1. The molecule has 3 saturated heterocycles. The van der Waals surface area contributed by atoms with E-state index in [9.17, 15) is 9.59 Å². The number of likely N-dealkylation sites (tertiary alicyclic amines) is 2. The number of nitrogens with zero attached hydrogens (tertiary/aromatic N) is 3. The first-order valence-corrected chi connectivity index (χ1v) is 9.61. The molecule has 0 aromatic rings. The van der Waals surface area contributed by atoms with Crippen molar-refractivity contribution in [2.45, 2.75) is 38.5 Å². The maximum Gasteiger partial charge on any atom is 0.236 e. The van der Waals surface area contributed by atoms with Crippen molar-refractivity contribution in [1.82, 2.24) is 14.7 Å². The van der Waals surface area contributed by atoms with Gasteiger partial charge in [-0.15, -0.1) is 0 Å². The molecule has 0 radical (unpaired) electrons. The second kappa shape index (κ2) is 8.81. The molecular formula is C18H31N3O3. The molecule has 0 spiro atoms. The summed E-state index contributed by atoms with van der Waals surface area (Å²) in [6, 6.07) is 0. The van der Waals surface area contributed by atoms with E-state index in [1.54, 1.807) is 0 Å². The molecule has 136 valence electrons. The molecule has 2 amide bonds. The highest BCUT2D eigenvalue weighted by atomic mass is 16.5. The van der Waals surface area contributed by atoms with Crippen LogP contribution in [0.3, 0.4) is 0 Å². The van der Waals surface area contributed by atoms with Gasteiger partial charge in [0.2, 0.25) is 11.8 Å². The maximum atomic E-state index is 12.7. The molecule has 3 rings (SSSR count). The van der Waals surface area contributed by atoms with Gasteiger partial charge in [-0.3, -0.25) is 14.5 Å². The third-order valence-corrected chi connectivity index (χ3v) is 5.58. The second-order valence-corrected chi connectivity index (χ2v) is 7.28. The van der Waals surface area contributed by atoms with E-state index in [-0.39, 0.29) is 11.8 Å². The van der Waals surface area contributed by atoms with Gasteiger partial charge < -0.3 is 14.5 Å². The average Bonchev–Trinajstić information content (AvgIpc) is 2.92. The van der Waals surface area contributed by atoms with E-state index in [2.05, 4.69) is 9.80 Å². The first kappa shape index (κ1) is 17.7. The van der Waals surface area contributed by atoms with Crippen molar-refractivity contribution < 1.29 is 14.3 Å². The number of rotatable bonds is 3. The van der Waals surface area contributed by atoms with Crippen LogP contribution in [0.4, 0.5) is 0 Å². The van der Waals surface area contributed by atoms with Crippen LogP contribution in [-0.2, 0) is 14.3 Å². The van der Waals surface area contributed by atoms with Gasteiger partial charge in [0.05, 0.1) is 19.8 Å². The molecule has 0 saturated carbocycles. The summed E-state index contributed by atoms with van der Waals surface area (Å²) in [5.74, 6) is 0.726. The van der Waals surface area contributed by atoms with Gasteiger partial charge in [0.1, 0.15) is 0 Å². The standard InChI is InChI=1S/C18H31N3O3/c22-17(20-11-13-24-14-12-20)15-19-9-5-16(6-10-19)18(23)21-7-3-1-2-4-8-21/h16H,1-15H2. The first-order valence-electron chi connectivity index (χ1n) is 9.61. The highest BCUT2D eigenvalue weighted by Crippen LogP contribution is 2.21. The normalized spacial score (nSPS) is 24.7. The number of ether oxygens (including phenoxy) is 1. The molecule has 0 N–H and O–H groups in total. The molecular weight excluding hydrogens is 306 g/mol. The lowest BCUT2D eigenvalue weighted by atomic mass is 9.95. The lowest BCUT2D eigenvalue weighted by molar-refractivity contribution is -0.138. The summed E-state index contributed by atoms with van der Waals surface area (Å²) in [7, 11) is 0. The van der Waals surface area contributed by atoms with Crippen LogP contribution in [0, 0.1) is 5.92 Å². The molecule has 6 heteroatoms. The third kappa shape index (κ3) is 4.70. The Morgan fingerprint density at radius 3 is 2.04 bits per heavy atom. The molecule has 0 aliphatic carbocycles. The van der Waals surface area contributed by atoms with E-state index in [4.69, 9.17) is 4.74 Å². The number of hydrogen-bond acceptors (Lipinski definition) is 4. The fraction of sp³-hybridized carbons (Fsp3) is 0.889. The Balaban J connectivity index is 1.41. The van der Waals surface area contributed by atoms with E-state index in [1.807, 2.05) is 4.90 Å². The summed E-state index contributed by atoms with van der Waals surface area (Å²) >= 11 is 0. The first-order chi connectivity index (χ1) is 11.7. The summed E-state index contributed by atoms with van der Waals surface area (Å²) in [6.07, 6.45) is 6.60. The number of piperidine rings is 1. The van der Waals surface area contributed by atoms with Gasteiger partial charge in [-0.05, 0) is 38.8 Å². The predicted octanol–water partition coefficient (Wildman–Crippen LogP) is 0.960. The van der Waals surface area contributed by atoms with Gasteiger partial charge >= 0.3 is 0 Å². The quantitative estimate of drug-likeness (QED) is 0.770. The summed E-state index contributed by atoms with van der Waals surface area (Å²) < 4.78 is 5.30. The van der Waals surface area contributed by atoms with E-state index in [1.165, 1.54) is 12.8 Å². The Kier molecular flexibility index (Phi) is 6.49. The Labute approximate surface area is 145 Å². The van der Waals surface area contributed by atoms with Gasteiger partial charge in [0.25, 0.3) is 0 Å². The third-order valence-electron chi connectivity index (χ3n) is 5.58. The van der Waals surface area contributed by atoms with Gasteiger partial charge in [0.15, 0.2) is 0 Å². The largest absolute Gasteiger partial charge is 0.378 e. The van der Waals surface area contributed by atoms with E-state index in [0.717, 1.165) is 51.9 Å². The minimum absolute atomic E-state index is 0.165. The highest BCUT2D eigenvalue weighted by molar-refractivity contribution is 5.79. The number of amides is 2. The van der Waals surface area contributed by atoms with Crippen LogP contribution in [-0.4, -0.2) is 85.5 Å². The van der Waals surface area contributed by atoms with Crippen molar-refractivity contribution in [3.8, 4) is 0 Å². The average molecular weight is 337 g/mol. The zero-order valence-corrected chi connectivity index (χ0v) is 14.8. The molecule has 0 unspecified atom stereocenters. The molecule has 3 heterocycles. The lowest BCUT2D eigenvalue weighted by Crippen LogP contribution is -2.48. The Morgan fingerprint density at radius 1 is 0.792 bits per heavy atom. The molecule has 3 aliphatic rings. The predicted molar refractivity (Wildman–Crippen MR) is 91.6 cm³/mol. The van der Waals surface area contributed by atoms with Crippen molar-refractivity contribution in [2.75, 3.05) is 59.0 Å². The van der Waals surface area contributed by atoms with Crippen LogP contribution in [0.25, 0.3) is 0 Å². The summed E-state index contributed by atoms with van der Waals surface area (Å²) in [4.78, 5) is 31.2. The lowest BCUT2D eigenvalue weighted by Gasteiger charge is -2.35. The SMILES string of the molecule is O=C(CN1CCC(C(=O)N2CCCCCC2)CC1)N1CCOCC1. The van der Waals surface area contributed by atoms with E-state index >= 15 is 0 Å². The Bertz CT molecular complexity index is 421. The van der Waals surface area contributed by atoms with Crippen LogP contribution < -0.4 is 0 Å². The minimum atomic E-state index is 0.165. The Morgan fingerprint density at radius 2 is 1.42 bits per heavy atom. The number of carbonyl (C=O) groups is 2. The molecule has 0 bridgehead atoms. The maximum absolute atomic E-state index is 12.7. The zero-order valence-electron chi connectivity index (χ0n) is 14.8. The van der Waals surface area contributed by atoms with Gasteiger partial charge in [0, 0.05) is 32.1 Å². The Hall–Kier alpha value is -1.14. The van der Waals surface area contributed by atoms with E-state index < -0.39 is 0 Å². The fourth-order valence-corrected chi connectivity index (χ4v) is 3.99. The number of hydrogen-bond donors (Lipinski definition) is 0. The fourth-order valence-electron chi connectivity index (χ4n) is 3.99. The van der Waals surface area contributed by atoms with Crippen LogP contribution in [0.2, 0.25) is 0 Å². The minimum Gasteiger partial charge on any atom is -0.378 e. The molecule has 3 aliphatic heterocycles. The summed E-state index contributed by atoms with van der Waals surface area (Å²) in [6.45, 7) is 6.82. The molecule has 0 aromatic carbocycles. The van der Waals surface area contributed by atoms with Crippen LogP contribution >= 0.6 is 0 Å². The van der Waals surface area contributed by atoms with Crippen LogP contribution in [0.1, 0.15) is 38.5 Å². The molecule has 3 fully saturated rings.